The number of nitro groups is 1. The molecule has 0 bridgehead atoms. The Kier molecular flexibility index (Phi) is 4.52. The number of aryl methyl sites for hydroxylation is 1. The zero-order chi connectivity index (χ0) is 15.6. The highest BCUT2D eigenvalue weighted by Crippen LogP contribution is 2.28. The van der Waals surface area contributed by atoms with Crippen LogP contribution in [-0.4, -0.2) is 9.91 Å². The molecule has 1 heterocycles. The van der Waals surface area contributed by atoms with Crippen LogP contribution in [-0.2, 0) is 0 Å². The van der Waals surface area contributed by atoms with Gasteiger partial charge in [-0.25, -0.2) is 9.37 Å². The van der Waals surface area contributed by atoms with Gasteiger partial charge in [-0.3, -0.25) is 10.1 Å². The van der Waals surface area contributed by atoms with Crippen molar-refractivity contribution in [2.75, 3.05) is 5.32 Å². The summed E-state index contributed by atoms with van der Waals surface area (Å²) in [7, 11) is 0. The van der Waals surface area contributed by atoms with Crippen LogP contribution in [0.4, 0.5) is 15.9 Å². The van der Waals surface area contributed by atoms with Crippen molar-refractivity contribution >= 4 is 27.4 Å². The Balaban J connectivity index is 2.29. The van der Waals surface area contributed by atoms with E-state index in [9.17, 15) is 14.5 Å². The molecule has 2 aromatic rings. The van der Waals surface area contributed by atoms with Crippen LogP contribution in [0.25, 0.3) is 0 Å². The van der Waals surface area contributed by atoms with E-state index in [2.05, 4.69) is 26.2 Å². The number of nitrogens with zero attached hydrogens (tertiary/aromatic N) is 2. The molecule has 0 aliphatic heterocycles. The summed E-state index contributed by atoms with van der Waals surface area (Å²) in [6.07, 6.45) is 1.47. The van der Waals surface area contributed by atoms with Gasteiger partial charge in [-0.05, 0) is 47.0 Å². The smallest absolute Gasteiger partial charge is 0.312 e. The number of rotatable bonds is 4. The van der Waals surface area contributed by atoms with Crippen LogP contribution in [0.1, 0.15) is 24.1 Å². The molecule has 0 saturated carbocycles. The fourth-order valence-electron chi connectivity index (χ4n) is 1.85. The van der Waals surface area contributed by atoms with Crippen LogP contribution in [0, 0.1) is 22.9 Å². The van der Waals surface area contributed by atoms with Gasteiger partial charge >= 0.3 is 5.69 Å². The van der Waals surface area contributed by atoms with Crippen LogP contribution < -0.4 is 5.32 Å². The SMILES string of the molecule is Cc1ccc(C(C)Nc2ncc(Br)cc2[N+](=O)[O-])cc1F. The van der Waals surface area contributed by atoms with E-state index >= 15 is 0 Å². The van der Waals surface area contributed by atoms with Gasteiger partial charge in [0.05, 0.1) is 11.0 Å². The quantitative estimate of drug-likeness (QED) is 0.654. The highest BCUT2D eigenvalue weighted by Gasteiger charge is 2.18. The van der Waals surface area contributed by atoms with Gasteiger partial charge in [-0.15, -0.1) is 0 Å². The van der Waals surface area contributed by atoms with E-state index < -0.39 is 4.92 Å². The largest absolute Gasteiger partial charge is 0.358 e. The molecule has 0 radical (unpaired) electrons. The topological polar surface area (TPSA) is 68.1 Å². The number of anilines is 1. The van der Waals surface area contributed by atoms with Gasteiger partial charge < -0.3 is 5.32 Å². The molecule has 110 valence electrons. The minimum absolute atomic E-state index is 0.135. The normalized spacial score (nSPS) is 12.0. The molecular weight excluding hydrogens is 341 g/mol. The molecule has 1 aromatic heterocycles. The van der Waals surface area contributed by atoms with E-state index in [4.69, 9.17) is 0 Å². The summed E-state index contributed by atoms with van der Waals surface area (Å²) in [6.45, 7) is 3.47. The number of hydrogen-bond donors (Lipinski definition) is 1. The zero-order valence-electron chi connectivity index (χ0n) is 11.4. The first-order valence-corrected chi connectivity index (χ1v) is 7.00. The third-order valence-corrected chi connectivity index (χ3v) is 3.51. The van der Waals surface area contributed by atoms with E-state index in [1.165, 1.54) is 18.3 Å². The maximum atomic E-state index is 13.6. The third kappa shape index (κ3) is 3.55. The summed E-state index contributed by atoms with van der Waals surface area (Å²) < 4.78 is 14.1. The van der Waals surface area contributed by atoms with Crippen molar-refractivity contribution < 1.29 is 9.31 Å². The second kappa shape index (κ2) is 6.17. The Labute approximate surface area is 129 Å². The number of hydrogen-bond acceptors (Lipinski definition) is 4. The Morgan fingerprint density at radius 1 is 1.43 bits per heavy atom. The summed E-state index contributed by atoms with van der Waals surface area (Å²) in [5, 5.41) is 14.0. The van der Waals surface area contributed by atoms with Gasteiger partial charge in [0, 0.05) is 16.7 Å². The molecule has 1 unspecified atom stereocenters. The number of benzene rings is 1. The summed E-state index contributed by atoms with van der Waals surface area (Å²) in [5.74, 6) is -0.156. The van der Waals surface area contributed by atoms with Crippen LogP contribution in [0.5, 0.6) is 0 Å². The van der Waals surface area contributed by atoms with Gasteiger partial charge in [-0.2, -0.15) is 0 Å². The lowest BCUT2D eigenvalue weighted by molar-refractivity contribution is -0.384. The van der Waals surface area contributed by atoms with E-state index in [1.807, 2.05) is 0 Å². The van der Waals surface area contributed by atoms with E-state index in [0.29, 0.717) is 15.6 Å². The summed E-state index contributed by atoms with van der Waals surface area (Å²) in [6, 6.07) is 5.93. The van der Waals surface area contributed by atoms with Crippen molar-refractivity contribution in [1.82, 2.24) is 4.98 Å². The minimum atomic E-state index is -0.511. The molecular formula is C14H13BrFN3O2. The monoisotopic (exact) mass is 353 g/mol. The van der Waals surface area contributed by atoms with Gasteiger partial charge in [-0.1, -0.05) is 12.1 Å². The number of halogens is 2. The molecule has 2 rings (SSSR count). The van der Waals surface area contributed by atoms with Crippen LogP contribution >= 0.6 is 15.9 Å². The van der Waals surface area contributed by atoms with Crippen LogP contribution in [0.2, 0.25) is 0 Å². The molecule has 0 amide bonds. The Morgan fingerprint density at radius 3 is 2.76 bits per heavy atom. The third-order valence-electron chi connectivity index (χ3n) is 3.08. The predicted molar refractivity (Wildman–Crippen MR) is 81.8 cm³/mol. The fraction of sp³-hybridized carbons (Fsp3) is 0.214. The van der Waals surface area contributed by atoms with Gasteiger partial charge in [0.25, 0.3) is 0 Å². The van der Waals surface area contributed by atoms with Crippen molar-refractivity contribution in [1.29, 1.82) is 0 Å². The maximum Gasteiger partial charge on any atom is 0.312 e. The highest BCUT2D eigenvalue weighted by molar-refractivity contribution is 9.10. The number of aromatic nitrogens is 1. The Hall–Kier alpha value is -2.02. The molecule has 5 nitrogen and oxygen atoms in total. The summed E-state index contributed by atoms with van der Waals surface area (Å²) >= 11 is 3.15. The van der Waals surface area contributed by atoms with Crippen LogP contribution in [0.3, 0.4) is 0 Å². The minimum Gasteiger partial charge on any atom is -0.358 e. The van der Waals surface area contributed by atoms with Gasteiger partial charge in [0.1, 0.15) is 5.82 Å². The van der Waals surface area contributed by atoms with E-state index in [0.717, 1.165) is 0 Å². The predicted octanol–water partition coefficient (Wildman–Crippen LogP) is 4.37. The van der Waals surface area contributed by atoms with Crippen molar-refractivity contribution in [2.24, 2.45) is 0 Å². The van der Waals surface area contributed by atoms with Crippen molar-refractivity contribution in [3.05, 3.63) is 62.0 Å². The zero-order valence-corrected chi connectivity index (χ0v) is 13.0. The van der Waals surface area contributed by atoms with E-state index in [1.54, 1.807) is 26.0 Å². The maximum absolute atomic E-state index is 13.6. The lowest BCUT2D eigenvalue weighted by Crippen LogP contribution is -2.10. The lowest BCUT2D eigenvalue weighted by Gasteiger charge is -2.15. The van der Waals surface area contributed by atoms with Crippen LogP contribution in [0.15, 0.2) is 34.9 Å². The second-order valence-corrected chi connectivity index (χ2v) is 5.57. The molecule has 1 aromatic carbocycles. The molecule has 7 heteroatoms. The molecule has 21 heavy (non-hydrogen) atoms. The average molecular weight is 354 g/mol. The molecule has 0 spiro atoms. The Morgan fingerprint density at radius 2 is 2.14 bits per heavy atom. The Bertz CT molecular complexity index is 694. The second-order valence-electron chi connectivity index (χ2n) is 4.65. The number of nitrogens with one attached hydrogen (secondary N) is 1. The summed E-state index contributed by atoms with van der Waals surface area (Å²) in [5.41, 5.74) is 1.11. The van der Waals surface area contributed by atoms with Crippen molar-refractivity contribution in [3.63, 3.8) is 0 Å². The molecule has 0 aliphatic rings. The standard InChI is InChI=1S/C14H13BrFN3O2/c1-8-3-4-10(5-12(8)16)9(2)18-14-13(19(20)21)6-11(15)7-17-14/h3-7,9H,1-2H3,(H,17,18). The van der Waals surface area contributed by atoms with E-state index in [-0.39, 0.29) is 23.4 Å². The van der Waals surface area contributed by atoms with Crippen molar-refractivity contribution in [2.45, 2.75) is 19.9 Å². The molecule has 1 atom stereocenters. The lowest BCUT2D eigenvalue weighted by atomic mass is 10.1. The molecule has 0 fully saturated rings. The average Bonchev–Trinajstić information content (AvgIpc) is 2.43. The molecule has 1 N–H and O–H groups in total. The highest BCUT2D eigenvalue weighted by atomic mass is 79.9. The summed E-state index contributed by atoms with van der Waals surface area (Å²) in [4.78, 5) is 14.5. The first kappa shape index (κ1) is 15.4. The van der Waals surface area contributed by atoms with Gasteiger partial charge in [0.2, 0.25) is 5.82 Å². The fourth-order valence-corrected chi connectivity index (χ4v) is 2.17. The first-order valence-electron chi connectivity index (χ1n) is 6.21. The number of pyridine rings is 1. The van der Waals surface area contributed by atoms with Crippen molar-refractivity contribution in [3.8, 4) is 0 Å². The first-order chi connectivity index (χ1) is 9.88. The molecule has 0 saturated heterocycles. The molecule has 0 aliphatic carbocycles. The van der Waals surface area contributed by atoms with Gasteiger partial charge in [0.15, 0.2) is 0 Å².